The number of aromatic nitrogens is 4. The molecule has 1 aromatic carbocycles. The minimum Gasteiger partial charge on any atom is -0.381 e. The van der Waals surface area contributed by atoms with Crippen molar-refractivity contribution in [2.45, 2.75) is 32.8 Å². The SMILES string of the molecule is CC1=NO[C@](C)(c2nc(-c3ccccc3)nn2-c2ncccc2C)C1. The summed E-state index contributed by atoms with van der Waals surface area (Å²) in [6.07, 6.45) is 2.43. The first-order chi connectivity index (χ1) is 12.1. The minimum atomic E-state index is -0.659. The van der Waals surface area contributed by atoms with Gasteiger partial charge < -0.3 is 4.84 Å². The van der Waals surface area contributed by atoms with E-state index in [1.54, 1.807) is 10.9 Å². The lowest BCUT2D eigenvalue weighted by Gasteiger charge is -2.21. The van der Waals surface area contributed by atoms with Crippen LogP contribution in [-0.4, -0.2) is 25.5 Å². The Hall–Kier alpha value is -3.02. The smallest absolute Gasteiger partial charge is 0.199 e. The summed E-state index contributed by atoms with van der Waals surface area (Å²) in [4.78, 5) is 15.0. The normalized spacial score (nSPS) is 19.6. The van der Waals surface area contributed by atoms with E-state index in [0.29, 0.717) is 18.1 Å². The first kappa shape index (κ1) is 15.5. The van der Waals surface area contributed by atoms with Crippen LogP contribution < -0.4 is 0 Å². The molecule has 0 fully saturated rings. The molecule has 25 heavy (non-hydrogen) atoms. The Labute approximate surface area is 146 Å². The van der Waals surface area contributed by atoms with Gasteiger partial charge in [-0.2, -0.15) is 4.68 Å². The van der Waals surface area contributed by atoms with Crippen molar-refractivity contribution >= 4 is 5.71 Å². The first-order valence-corrected chi connectivity index (χ1v) is 8.23. The monoisotopic (exact) mass is 333 g/mol. The van der Waals surface area contributed by atoms with Gasteiger partial charge in [0.25, 0.3) is 0 Å². The van der Waals surface area contributed by atoms with Crippen LogP contribution in [-0.2, 0) is 10.4 Å². The maximum atomic E-state index is 5.73. The van der Waals surface area contributed by atoms with Crippen molar-refractivity contribution in [3.63, 3.8) is 0 Å². The highest BCUT2D eigenvalue weighted by Gasteiger charge is 2.40. The number of nitrogens with zero attached hydrogens (tertiary/aromatic N) is 5. The fourth-order valence-electron chi connectivity index (χ4n) is 3.06. The van der Waals surface area contributed by atoms with Crippen molar-refractivity contribution in [2.75, 3.05) is 0 Å². The van der Waals surface area contributed by atoms with Gasteiger partial charge in [0.15, 0.2) is 23.1 Å². The Bertz CT molecular complexity index is 947. The molecule has 0 saturated carbocycles. The molecule has 4 rings (SSSR count). The first-order valence-electron chi connectivity index (χ1n) is 8.23. The summed E-state index contributed by atoms with van der Waals surface area (Å²) < 4.78 is 1.78. The molecule has 1 aliphatic heterocycles. The summed E-state index contributed by atoms with van der Waals surface area (Å²) in [6, 6.07) is 13.8. The van der Waals surface area contributed by atoms with Crippen molar-refractivity contribution in [1.29, 1.82) is 0 Å². The second-order valence-corrected chi connectivity index (χ2v) is 6.51. The number of hydrogen-bond acceptors (Lipinski definition) is 5. The van der Waals surface area contributed by atoms with E-state index >= 15 is 0 Å². The quantitative estimate of drug-likeness (QED) is 0.734. The molecule has 0 saturated heterocycles. The van der Waals surface area contributed by atoms with Crippen LogP contribution in [0.5, 0.6) is 0 Å². The molecule has 1 atom stereocenters. The van der Waals surface area contributed by atoms with Gasteiger partial charge in [-0.15, -0.1) is 5.10 Å². The van der Waals surface area contributed by atoms with Gasteiger partial charge in [-0.1, -0.05) is 41.6 Å². The van der Waals surface area contributed by atoms with Crippen LogP contribution in [0, 0.1) is 6.92 Å². The van der Waals surface area contributed by atoms with E-state index < -0.39 is 5.60 Å². The van der Waals surface area contributed by atoms with Crippen LogP contribution in [0.15, 0.2) is 53.8 Å². The Morgan fingerprint density at radius 1 is 1.08 bits per heavy atom. The van der Waals surface area contributed by atoms with Gasteiger partial charge in [-0.05, 0) is 32.4 Å². The maximum absolute atomic E-state index is 5.73. The standard InChI is InChI=1S/C19H19N5O/c1-13-8-7-11-20-17(13)24-18(19(3)12-14(2)23-25-19)21-16(22-24)15-9-5-4-6-10-15/h4-11H,12H2,1-3H3/t19-/m0/s1. The summed E-state index contributed by atoms with van der Waals surface area (Å²) in [7, 11) is 0. The zero-order chi connectivity index (χ0) is 17.4. The Morgan fingerprint density at radius 2 is 1.88 bits per heavy atom. The zero-order valence-electron chi connectivity index (χ0n) is 14.5. The lowest BCUT2D eigenvalue weighted by Crippen LogP contribution is -2.27. The third-order valence-corrected chi connectivity index (χ3v) is 4.29. The third kappa shape index (κ3) is 2.69. The molecule has 1 aliphatic rings. The van der Waals surface area contributed by atoms with Crippen molar-refractivity contribution in [2.24, 2.45) is 5.16 Å². The number of oxime groups is 1. The Balaban J connectivity index is 1.90. The summed E-state index contributed by atoms with van der Waals surface area (Å²) >= 11 is 0. The predicted molar refractivity (Wildman–Crippen MR) is 95.5 cm³/mol. The average molecular weight is 333 g/mol. The highest BCUT2D eigenvalue weighted by molar-refractivity contribution is 5.83. The van der Waals surface area contributed by atoms with E-state index in [2.05, 4.69) is 10.1 Å². The molecular formula is C19H19N5O. The number of aryl methyl sites for hydroxylation is 1. The largest absolute Gasteiger partial charge is 0.381 e. The van der Waals surface area contributed by atoms with E-state index in [9.17, 15) is 0 Å². The maximum Gasteiger partial charge on any atom is 0.199 e. The summed E-state index contributed by atoms with van der Waals surface area (Å²) in [5, 5.41) is 8.86. The van der Waals surface area contributed by atoms with Crippen LogP contribution in [0.25, 0.3) is 17.2 Å². The van der Waals surface area contributed by atoms with Gasteiger partial charge in [-0.3, -0.25) is 0 Å². The third-order valence-electron chi connectivity index (χ3n) is 4.29. The Morgan fingerprint density at radius 3 is 2.56 bits per heavy atom. The highest BCUT2D eigenvalue weighted by atomic mass is 16.7. The van der Waals surface area contributed by atoms with E-state index in [4.69, 9.17) is 14.9 Å². The second-order valence-electron chi connectivity index (χ2n) is 6.51. The zero-order valence-corrected chi connectivity index (χ0v) is 14.5. The van der Waals surface area contributed by atoms with E-state index in [1.807, 2.05) is 63.2 Å². The number of hydrogen-bond donors (Lipinski definition) is 0. The molecule has 0 bridgehead atoms. The fraction of sp³-hybridized carbons (Fsp3) is 0.263. The molecule has 126 valence electrons. The van der Waals surface area contributed by atoms with Crippen molar-refractivity contribution in [3.05, 3.63) is 60.0 Å². The summed E-state index contributed by atoms with van der Waals surface area (Å²) in [6.45, 7) is 5.95. The molecule has 0 spiro atoms. The number of rotatable bonds is 3. The van der Waals surface area contributed by atoms with Crippen molar-refractivity contribution in [1.82, 2.24) is 19.7 Å². The van der Waals surface area contributed by atoms with Crippen LogP contribution in [0.2, 0.25) is 0 Å². The molecule has 6 nitrogen and oxygen atoms in total. The van der Waals surface area contributed by atoms with E-state index in [1.165, 1.54) is 0 Å². The van der Waals surface area contributed by atoms with Crippen LogP contribution >= 0.6 is 0 Å². The summed E-state index contributed by atoms with van der Waals surface area (Å²) in [5.74, 6) is 2.10. The Kier molecular flexibility index (Phi) is 3.60. The van der Waals surface area contributed by atoms with Crippen molar-refractivity contribution < 1.29 is 4.84 Å². The van der Waals surface area contributed by atoms with Gasteiger partial charge in [0, 0.05) is 18.2 Å². The van der Waals surface area contributed by atoms with Gasteiger partial charge >= 0.3 is 0 Å². The highest BCUT2D eigenvalue weighted by Crippen LogP contribution is 2.35. The van der Waals surface area contributed by atoms with Gasteiger partial charge in [0.05, 0.1) is 5.71 Å². The van der Waals surface area contributed by atoms with Crippen LogP contribution in [0.4, 0.5) is 0 Å². The molecule has 2 aromatic heterocycles. The molecule has 3 aromatic rings. The molecule has 0 aliphatic carbocycles. The molecule has 0 radical (unpaired) electrons. The second kappa shape index (κ2) is 5.81. The molecule has 3 heterocycles. The molecule has 0 unspecified atom stereocenters. The number of pyridine rings is 1. The molecule has 0 amide bonds. The van der Waals surface area contributed by atoms with Crippen molar-refractivity contribution in [3.8, 4) is 17.2 Å². The lowest BCUT2D eigenvalue weighted by atomic mass is 9.99. The molecular weight excluding hydrogens is 314 g/mol. The predicted octanol–water partition coefficient (Wildman–Crippen LogP) is 3.65. The lowest BCUT2D eigenvalue weighted by molar-refractivity contribution is -0.0160. The minimum absolute atomic E-state index is 0.648. The van der Waals surface area contributed by atoms with Gasteiger partial charge in [0.2, 0.25) is 0 Å². The molecule has 0 N–H and O–H groups in total. The van der Waals surface area contributed by atoms with Gasteiger partial charge in [0.1, 0.15) is 0 Å². The van der Waals surface area contributed by atoms with Crippen LogP contribution in [0.3, 0.4) is 0 Å². The van der Waals surface area contributed by atoms with E-state index in [-0.39, 0.29) is 0 Å². The van der Waals surface area contributed by atoms with E-state index in [0.717, 1.165) is 22.7 Å². The van der Waals surface area contributed by atoms with Gasteiger partial charge in [-0.25, -0.2) is 9.97 Å². The topological polar surface area (TPSA) is 65.2 Å². The molecule has 6 heteroatoms. The average Bonchev–Trinajstić information content (AvgIpc) is 3.21. The summed E-state index contributed by atoms with van der Waals surface area (Å²) in [5.41, 5.74) is 2.26. The van der Waals surface area contributed by atoms with Crippen LogP contribution in [0.1, 0.15) is 31.7 Å². The number of benzene rings is 1. The fourth-order valence-corrected chi connectivity index (χ4v) is 3.06.